The Balaban J connectivity index is 2.37. The van der Waals surface area contributed by atoms with E-state index in [0.29, 0.717) is 0 Å². The van der Waals surface area contributed by atoms with Gasteiger partial charge in [-0.15, -0.1) is 0 Å². The molecule has 0 nitrogen and oxygen atoms in total. The van der Waals surface area contributed by atoms with Crippen molar-refractivity contribution in [3.8, 4) is 0 Å². The van der Waals surface area contributed by atoms with Crippen LogP contribution < -0.4 is 0 Å². The van der Waals surface area contributed by atoms with E-state index in [9.17, 15) is 0 Å². The summed E-state index contributed by atoms with van der Waals surface area (Å²) in [6, 6.07) is 23.6. The average Bonchev–Trinajstić information content (AvgIpc) is 2.57. The summed E-state index contributed by atoms with van der Waals surface area (Å²) in [5, 5.41) is 2.55. The first-order valence-electron chi connectivity index (χ1n) is 7.60. The first kappa shape index (κ1) is 14.3. The Hall–Kier alpha value is -2.60. The van der Waals surface area contributed by atoms with E-state index in [-0.39, 0.29) is 0 Å². The van der Waals surface area contributed by atoms with Crippen LogP contribution in [0, 0.1) is 6.92 Å². The summed E-state index contributed by atoms with van der Waals surface area (Å²) in [6.45, 7) is 8.28. The van der Waals surface area contributed by atoms with Crippen molar-refractivity contribution >= 4 is 16.3 Å². The van der Waals surface area contributed by atoms with Crippen LogP contribution in [0.3, 0.4) is 0 Å². The highest BCUT2D eigenvalue weighted by Crippen LogP contribution is 2.34. The van der Waals surface area contributed by atoms with Gasteiger partial charge in [0.2, 0.25) is 0 Å². The topological polar surface area (TPSA) is 0 Å². The van der Waals surface area contributed by atoms with Crippen LogP contribution in [0.5, 0.6) is 0 Å². The summed E-state index contributed by atoms with van der Waals surface area (Å²) in [5.41, 5.74) is 6.29. The van der Waals surface area contributed by atoms with Crippen molar-refractivity contribution in [2.45, 2.75) is 13.8 Å². The largest absolute Gasteiger partial charge is 0.0988 e. The van der Waals surface area contributed by atoms with Gasteiger partial charge in [-0.05, 0) is 52.5 Å². The Labute approximate surface area is 132 Å². The zero-order valence-electron chi connectivity index (χ0n) is 13.1. The van der Waals surface area contributed by atoms with Gasteiger partial charge in [-0.3, -0.25) is 0 Å². The van der Waals surface area contributed by atoms with Gasteiger partial charge in [0.15, 0.2) is 0 Å². The highest BCUT2D eigenvalue weighted by atomic mass is 14.2. The molecule has 22 heavy (non-hydrogen) atoms. The van der Waals surface area contributed by atoms with Gasteiger partial charge in [0.1, 0.15) is 0 Å². The molecule has 0 heteroatoms. The lowest BCUT2D eigenvalue weighted by molar-refractivity contribution is 1.39. The molecule has 3 rings (SSSR count). The van der Waals surface area contributed by atoms with Gasteiger partial charge in [0, 0.05) is 0 Å². The second kappa shape index (κ2) is 6.03. The molecule has 0 amide bonds. The Morgan fingerprint density at radius 2 is 1.45 bits per heavy atom. The molecule has 0 spiro atoms. The summed E-state index contributed by atoms with van der Waals surface area (Å²) in [4.78, 5) is 0. The maximum absolute atomic E-state index is 3.98. The van der Waals surface area contributed by atoms with Crippen molar-refractivity contribution in [1.82, 2.24) is 0 Å². The van der Waals surface area contributed by atoms with Gasteiger partial charge >= 0.3 is 0 Å². The van der Waals surface area contributed by atoms with E-state index >= 15 is 0 Å². The molecule has 0 heterocycles. The molecule has 0 N–H and O–H groups in total. The fourth-order valence-corrected chi connectivity index (χ4v) is 2.97. The van der Waals surface area contributed by atoms with E-state index < -0.39 is 0 Å². The van der Waals surface area contributed by atoms with Crippen LogP contribution in [-0.4, -0.2) is 0 Å². The molecule has 0 aliphatic carbocycles. The lowest BCUT2D eigenvalue weighted by Gasteiger charge is -2.16. The van der Waals surface area contributed by atoms with Crippen LogP contribution in [0.1, 0.15) is 23.6 Å². The third kappa shape index (κ3) is 2.48. The van der Waals surface area contributed by atoms with Crippen LogP contribution >= 0.6 is 0 Å². The predicted octanol–water partition coefficient (Wildman–Crippen LogP) is 6.16. The number of hydrogen-bond acceptors (Lipinski definition) is 0. The van der Waals surface area contributed by atoms with Crippen molar-refractivity contribution in [1.29, 1.82) is 0 Å². The van der Waals surface area contributed by atoms with Crippen LogP contribution in [0.2, 0.25) is 0 Å². The van der Waals surface area contributed by atoms with E-state index in [0.717, 1.165) is 0 Å². The molecule has 0 aromatic heterocycles. The minimum atomic E-state index is 1.20. The van der Waals surface area contributed by atoms with Crippen LogP contribution in [0.4, 0.5) is 0 Å². The van der Waals surface area contributed by atoms with Crippen molar-refractivity contribution in [2.24, 2.45) is 0 Å². The predicted molar refractivity (Wildman–Crippen MR) is 97.0 cm³/mol. The Morgan fingerprint density at radius 3 is 2.23 bits per heavy atom. The quantitative estimate of drug-likeness (QED) is 0.505. The first-order chi connectivity index (χ1) is 10.7. The molecule has 3 aromatic rings. The molecule has 0 aliphatic heterocycles. The Bertz CT molecular complexity index is 861. The lowest BCUT2D eigenvalue weighted by atomic mass is 9.88. The zero-order valence-corrected chi connectivity index (χ0v) is 13.1. The second-order valence-corrected chi connectivity index (χ2v) is 5.60. The lowest BCUT2D eigenvalue weighted by Crippen LogP contribution is -1.95. The minimum absolute atomic E-state index is 1.20. The first-order valence-corrected chi connectivity index (χ1v) is 7.60. The molecule has 0 atom stereocenters. The van der Waals surface area contributed by atoms with Crippen molar-refractivity contribution in [2.75, 3.05) is 0 Å². The average molecular weight is 284 g/mol. The summed E-state index contributed by atoms with van der Waals surface area (Å²) in [7, 11) is 0. The van der Waals surface area contributed by atoms with Crippen LogP contribution in [-0.2, 0) is 0 Å². The summed E-state index contributed by atoms with van der Waals surface area (Å²) < 4.78 is 0. The number of allylic oxidation sites excluding steroid dienone is 2. The Morgan fingerprint density at radius 1 is 0.818 bits per heavy atom. The van der Waals surface area contributed by atoms with Gasteiger partial charge < -0.3 is 0 Å². The van der Waals surface area contributed by atoms with E-state index in [1.165, 1.54) is 38.6 Å². The highest BCUT2D eigenvalue weighted by Gasteiger charge is 2.12. The number of fused-ring (bicyclic) bond motifs is 1. The number of aryl methyl sites for hydroxylation is 1. The third-order valence-electron chi connectivity index (χ3n) is 4.17. The molecule has 0 unspecified atom stereocenters. The number of hydrogen-bond donors (Lipinski definition) is 0. The van der Waals surface area contributed by atoms with Gasteiger partial charge in [0.05, 0.1) is 0 Å². The molecule has 0 saturated heterocycles. The summed E-state index contributed by atoms with van der Waals surface area (Å²) in [6.07, 6.45) is 1.95. The van der Waals surface area contributed by atoms with E-state index in [4.69, 9.17) is 0 Å². The molecule has 108 valence electrons. The van der Waals surface area contributed by atoms with E-state index in [2.05, 4.69) is 87.2 Å². The molecular weight excluding hydrogens is 264 g/mol. The molecule has 0 saturated carbocycles. The van der Waals surface area contributed by atoms with E-state index in [1.54, 1.807) is 0 Å². The van der Waals surface area contributed by atoms with Crippen molar-refractivity contribution < 1.29 is 0 Å². The molecule has 0 bridgehead atoms. The molecule has 0 radical (unpaired) electrons. The highest BCUT2D eigenvalue weighted by molar-refractivity contribution is 5.99. The standard InChI is InChI=1S/C22H20/c1-4-16(2)22(19-13-7-5-10-17(19)3)21-15-9-12-18-11-6-8-14-20(18)21/h4-15H,1H2,2-3H3/b22-16+. The second-order valence-electron chi connectivity index (χ2n) is 5.60. The monoisotopic (exact) mass is 284 g/mol. The SMILES string of the molecule is C=C/C(C)=C(\c1ccccc1C)c1cccc2ccccc12. The van der Waals surface area contributed by atoms with Crippen LogP contribution in [0.15, 0.2) is 85.0 Å². The summed E-state index contributed by atoms with van der Waals surface area (Å²) in [5.74, 6) is 0. The number of benzene rings is 3. The van der Waals surface area contributed by atoms with Gasteiger partial charge in [-0.1, -0.05) is 79.4 Å². The smallest absolute Gasteiger partial charge is 0.00735 e. The van der Waals surface area contributed by atoms with Gasteiger partial charge in [0.25, 0.3) is 0 Å². The van der Waals surface area contributed by atoms with Gasteiger partial charge in [-0.25, -0.2) is 0 Å². The molecule has 0 fully saturated rings. The maximum Gasteiger partial charge on any atom is -0.00735 e. The Kier molecular flexibility index (Phi) is 3.93. The molecule has 3 aromatic carbocycles. The third-order valence-corrected chi connectivity index (χ3v) is 4.17. The van der Waals surface area contributed by atoms with Gasteiger partial charge in [-0.2, -0.15) is 0 Å². The minimum Gasteiger partial charge on any atom is -0.0988 e. The maximum atomic E-state index is 3.98. The summed E-state index contributed by atoms with van der Waals surface area (Å²) >= 11 is 0. The molecule has 0 aliphatic rings. The zero-order chi connectivity index (χ0) is 15.5. The fourth-order valence-electron chi connectivity index (χ4n) is 2.97. The van der Waals surface area contributed by atoms with Crippen molar-refractivity contribution in [3.63, 3.8) is 0 Å². The molecular formula is C22H20. The normalized spacial score (nSPS) is 12.1. The van der Waals surface area contributed by atoms with Crippen molar-refractivity contribution in [3.05, 3.63) is 102 Å². The number of rotatable bonds is 3. The van der Waals surface area contributed by atoms with Crippen LogP contribution in [0.25, 0.3) is 16.3 Å². The van der Waals surface area contributed by atoms with E-state index in [1.807, 2.05) is 6.08 Å². The fraction of sp³-hybridized carbons (Fsp3) is 0.0909.